The van der Waals surface area contributed by atoms with E-state index >= 15 is 0 Å². The second kappa shape index (κ2) is 16.6. The molecule has 0 unspecified atom stereocenters. The second-order valence-electron chi connectivity index (χ2n) is 12.1. The van der Waals surface area contributed by atoms with Crippen LogP contribution in [0.1, 0.15) is 60.7 Å². The number of ether oxygens (including phenoxy) is 2. The number of rotatable bonds is 8. The molecule has 0 spiro atoms. The highest BCUT2D eigenvalue weighted by molar-refractivity contribution is 7.89. The fourth-order valence-corrected chi connectivity index (χ4v) is 6.70. The van der Waals surface area contributed by atoms with Gasteiger partial charge in [-0.25, -0.2) is 8.42 Å². The molecule has 10 nitrogen and oxygen atoms in total. The Morgan fingerprint density at radius 1 is 1.09 bits per heavy atom. The molecule has 0 bridgehead atoms. The highest BCUT2D eigenvalue weighted by atomic mass is 35.5. The number of anilines is 1. The van der Waals surface area contributed by atoms with E-state index in [-0.39, 0.29) is 48.1 Å². The second-order valence-corrected chi connectivity index (χ2v) is 14.6. The summed E-state index contributed by atoms with van der Waals surface area (Å²) in [5, 5.41) is 13.5. The van der Waals surface area contributed by atoms with Crippen molar-refractivity contribution in [3.63, 3.8) is 0 Å². The maximum atomic E-state index is 14.3. The predicted molar refractivity (Wildman–Crippen MR) is 183 cm³/mol. The Morgan fingerprint density at radius 2 is 1.79 bits per heavy atom. The molecule has 1 aliphatic rings. The molecule has 0 aromatic heterocycles. The van der Waals surface area contributed by atoms with Gasteiger partial charge >= 0.3 is 0 Å². The molecule has 0 radical (unpaired) electrons. The number of likely N-dealkylation sites (N-methyl/N-ethyl adjacent to an activating group) is 1. The maximum Gasteiger partial charge on any atom is 0.258 e. The van der Waals surface area contributed by atoms with Gasteiger partial charge in [0.1, 0.15) is 5.75 Å². The lowest BCUT2D eigenvalue weighted by atomic mass is 10.0. The number of hydrogen-bond donors (Lipinski definition) is 2. The number of carbonyl (C=O) groups is 2. The lowest BCUT2D eigenvalue weighted by Crippen LogP contribution is -2.48. The third-order valence-corrected chi connectivity index (χ3v) is 10.4. The molecule has 4 atom stereocenters. The van der Waals surface area contributed by atoms with Crippen LogP contribution in [0.3, 0.4) is 0 Å². The lowest BCUT2D eigenvalue weighted by molar-refractivity contribution is -0.00834. The number of amides is 2. The van der Waals surface area contributed by atoms with Gasteiger partial charge in [0, 0.05) is 48.9 Å². The van der Waals surface area contributed by atoms with Crippen LogP contribution in [-0.2, 0) is 14.8 Å². The first-order valence-electron chi connectivity index (χ1n) is 15.8. The number of hydrogen-bond acceptors (Lipinski definition) is 7. The largest absolute Gasteiger partial charge is 0.490 e. The summed E-state index contributed by atoms with van der Waals surface area (Å²) in [4.78, 5) is 28.9. The number of sulfonamides is 1. The molecule has 3 aromatic carbocycles. The van der Waals surface area contributed by atoms with E-state index in [0.717, 1.165) is 12.8 Å². The average Bonchev–Trinajstić information content (AvgIpc) is 3.06. The maximum absolute atomic E-state index is 14.3. The summed E-state index contributed by atoms with van der Waals surface area (Å²) in [6, 6.07) is 19.2. The highest BCUT2D eigenvalue weighted by Crippen LogP contribution is 2.29. The summed E-state index contributed by atoms with van der Waals surface area (Å²) in [7, 11) is -2.34. The first kappa shape index (κ1) is 36.4. The minimum Gasteiger partial charge on any atom is -0.490 e. The number of aliphatic hydroxyl groups is 1. The molecule has 0 fully saturated rings. The van der Waals surface area contributed by atoms with Crippen LogP contribution >= 0.6 is 11.6 Å². The molecule has 0 saturated heterocycles. The number of carbonyl (C=O) groups excluding carboxylic acids is 2. The fraction of sp³-hybridized carbons (Fsp3) is 0.429. The van der Waals surface area contributed by atoms with Crippen molar-refractivity contribution in [3.05, 3.63) is 88.9 Å². The Bertz CT molecular complexity index is 1610. The van der Waals surface area contributed by atoms with Crippen molar-refractivity contribution in [1.29, 1.82) is 0 Å². The van der Waals surface area contributed by atoms with Gasteiger partial charge in [-0.1, -0.05) is 36.7 Å². The Balaban J connectivity index is 1.65. The Morgan fingerprint density at radius 3 is 2.47 bits per heavy atom. The third kappa shape index (κ3) is 9.55. The van der Waals surface area contributed by atoms with Crippen molar-refractivity contribution in [1.82, 2.24) is 9.21 Å². The molecule has 2 amide bonds. The van der Waals surface area contributed by atoms with E-state index < -0.39 is 28.1 Å². The number of halogens is 1. The van der Waals surface area contributed by atoms with E-state index in [1.807, 2.05) is 19.9 Å². The molecule has 1 heterocycles. The van der Waals surface area contributed by atoms with Crippen molar-refractivity contribution in [3.8, 4) is 5.75 Å². The predicted octanol–water partition coefficient (Wildman–Crippen LogP) is 5.71. The van der Waals surface area contributed by atoms with Crippen LogP contribution in [0.5, 0.6) is 5.75 Å². The number of aliphatic hydroxyl groups excluding tert-OH is 1. The smallest absolute Gasteiger partial charge is 0.258 e. The standard InChI is InChI=1S/C35H44ClN3O7S/c1-24-21-39(25(2)23-40)35(42)31-20-29(37-34(41)27-11-6-5-7-12-27)15-18-32(31)46-26(3)10-8-9-19-45-33(24)22-38(4)47(43,44)30-16-13-28(36)14-17-30/h5-7,11-18,20,24-26,33,40H,8-10,19,21-23H2,1-4H3,(H,37,41)/t24-,25+,26-,33-/m0/s1. The van der Waals surface area contributed by atoms with Crippen molar-refractivity contribution >= 4 is 39.1 Å². The average molecular weight is 686 g/mol. The van der Waals surface area contributed by atoms with Gasteiger partial charge in [0.15, 0.2) is 0 Å². The van der Waals surface area contributed by atoms with E-state index in [4.69, 9.17) is 21.1 Å². The van der Waals surface area contributed by atoms with Crippen molar-refractivity contribution in [2.24, 2.45) is 5.92 Å². The zero-order chi connectivity index (χ0) is 34.1. The van der Waals surface area contributed by atoms with E-state index in [0.29, 0.717) is 35.1 Å². The molecule has 3 aromatic rings. The first-order chi connectivity index (χ1) is 22.4. The number of nitrogens with one attached hydrogen (secondary N) is 1. The van der Waals surface area contributed by atoms with Gasteiger partial charge in [-0.15, -0.1) is 0 Å². The van der Waals surface area contributed by atoms with Gasteiger partial charge in [-0.2, -0.15) is 4.31 Å². The van der Waals surface area contributed by atoms with Crippen LogP contribution in [0.15, 0.2) is 77.7 Å². The summed E-state index contributed by atoms with van der Waals surface area (Å²) in [6.45, 7) is 5.89. The summed E-state index contributed by atoms with van der Waals surface area (Å²) < 4.78 is 40.7. The zero-order valence-electron chi connectivity index (χ0n) is 27.3. The normalized spacial score (nSPS) is 20.5. The Kier molecular flexibility index (Phi) is 12.8. The highest BCUT2D eigenvalue weighted by Gasteiger charge is 2.32. The zero-order valence-corrected chi connectivity index (χ0v) is 28.8. The third-order valence-electron chi connectivity index (χ3n) is 8.30. The molecular weight excluding hydrogens is 642 g/mol. The molecule has 254 valence electrons. The Labute approximate surface area is 282 Å². The molecule has 47 heavy (non-hydrogen) atoms. The summed E-state index contributed by atoms with van der Waals surface area (Å²) >= 11 is 5.98. The van der Waals surface area contributed by atoms with Crippen LogP contribution in [-0.4, -0.2) is 86.1 Å². The molecule has 1 aliphatic heterocycles. The lowest BCUT2D eigenvalue weighted by Gasteiger charge is -2.35. The van der Waals surface area contributed by atoms with E-state index in [1.165, 1.54) is 35.6 Å². The van der Waals surface area contributed by atoms with Crippen molar-refractivity contribution < 1.29 is 32.6 Å². The fourth-order valence-electron chi connectivity index (χ4n) is 5.39. The monoisotopic (exact) mass is 685 g/mol. The molecule has 0 aliphatic carbocycles. The minimum atomic E-state index is -3.84. The van der Waals surface area contributed by atoms with Gasteiger partial charge in [-0.3, -0.25) is 9.59 Å². The van der Waals surface area contributed by atoms with Crippen LogP contribution in [0.2, 0.25) is 5.02 Å². The van der Waals surface area contributed by atoms with Gasteiger partial charge < -0.3 is 24.8 Å². The first-order valence-corrected chi connectivity index (χ1v) is 17.6. The number of benzene rings is 3. The van der Waals surface area contributed by atoms with Gasteiger partial charge in [0.2, 0.25) is 10.0 Å². The van der Waals surface area contributed by atoms with Crippen molar-refractivity contribution in [2.45, 2.75) is 63.2 Å². The summed E-state index contributed by atoms with van der Waals surface area (Å²) in [6.07, 6.45) is 1.45. The van der Waals surface area contributed by atoms with Gasteiger partial charge in [0.25, 0.3) is 11.8 Å². The summed E-state index contributed by atoms with van der Waals surface area (Å²) in [5.41, 5.74) is 1.14. The van der Waals surface area contributed by atoms with Gasteiger partial charge in [-0.05, 0) is 87.7 Å². The SMILES string of the molecule is C[C@H](CO)N1C[C@H](C)[C@H](CN(C)S(=O)(=O)c2ccc(Cl)cc2)OCCCC[C@H](C)Oc2ccc(NC(=O)c3ccccc3)cc2C1=O. The number of nitrogens with zero attached hydrogens (tertiary/aromatic N) is 2. The Hall–Kier alpha value is -3.48. The van der Waals surface area contributed by atoms with Crippen molar-refractivity contribution in [2.75, 3.05) is 38.7 Å². The minimum absolute atomic E-state index is 0.0490. The van der Waals surface area contributed by atoms with Gasteiger partial charge in [0.05, 0.1) is 35.3 Å². The van der Waals surface area contributed by atoms with Crippen LogP contribution < -0.4 is 10.1 Å². The summed E-state index contributed by atoms with van der Waals surface area (Å²) in [5.74, 6) is -0.668. The van der Waals surface area contributed by atoms with E-state index in [9.17, 15) is 23.1 Å². The molecule has 0 saturated carbocycles. The topological polar surface area (TPSA) is 125 Å². The molecule has 2 N–H and O–H groups in total. The van der Waals surface area contributed by atoms with E-state index in [2.05, 4.69) is 5.32 Å². The molecular formula is C35H44ClN3O7S. The van der Waals surface area contributed by atoms with Crippen LogP contribution in [0.4, 0.5) is 5.69 Å². The molecule has 12 heteroatoms. The molecule has 4 rings (SSSR count). The quantitative estimate of drug-likeness (QED) is 0.311. The van der Waals surface area contributed by atoms with Crippen LogP contribution in [0, 0.1) is 5.92 Å². The van der Waals surface area contributed by atoms with Crippen LogP contribution in [0.25, 0.3) is 0 Å². The van der Waals surface area contributed by atoms with E-state index in [1.54, 1.807) is 54.3 Å². The number of fused-ring (bicyclic) bond motifs is 1.